The van der Waals surface area contributed by atoms with Crippen LogP contribution in [0.25, 0.3) is 0 Å². The van der Waals surface area contributed by atoms with E-state index >= 15 is 0 Å². The van der Waals surface area contributed by atoms with E-state index in [0.717, 1.165) is 0 Å². The number of rotatable bonds is 3. The third kappa shape index (κ3) is 15.7. The van der Waals surface area contributed by atoms with Gasteiger partial charge in [-0.3, -0.25) is 9.59 Å². The van der Waals surface area contributed by atoms with E-state index in [4.69, 9.17) is 10.2 Å². The van der Waals surface area contributed by atoms with Crippen molar-refractivity contribution < 1.29 is 19.8 Å². The topological polar surface area (TPSA) is 74.6 Å². The fraction of sp³-hybridized carbons (Fsp3) is 0.500. The van der Waals surface area contributed by atoms with E-state index in [0.29, 0.717) is 0 Å². The molecular weight excluding hydrogens is 163 g/mol. The fourth-order valence-corrected chi connectivity index (χ4v) is 0.214. The van der Waals surface area contributed by atoms with Gasteiger partial charge in [0.15, 0.2) is 0 Å². The Morgan fingerprint density at radius 1 is 1.00 bits per heavy atom. The Bertz CT molecular complexity index is 102. The maximum atomic E-state index is 9.64. The zero-order valence-corrected chi connectivity index (χ0v) is 4.13. The van der Waals surface area contributed by atoms with E-state index < -0.39 is 11.9 Å². The van der Waals surface area contributed by atoms with Crippen LogP contribution in [0.5, 0.6) is 0 Å². The monoisotopic (exact) mass is 174 g/mol. The predicted molar refractivity (Wildman–Crippen MR) is 43.0 cm³/mol. The number of aliphatic carboxylic acids is 2. The molecule has 0 spiro atoms. The van der Waals surface area contributed by atoms with Crippen molar-refractivity contribution in [1.29, 1.82) is 0 Å². The van der Waals surface area contributed by atoms with Gasteiger partial charge in [-0.2, -0.15) is 0 Å². The molecule has 6 heteroatoms. The van der Waals surface area contributed by atoms with Gasteiger partial charge in [0.05, 0.1) is 12.8 Å². The second-order valence-corrected chi connectivity index (χ2v) is 1.29. The molecule has 4 nitrogen and oxygen atoms in total. The van der Waals surface area contributed by atoms with Gasteiger partial charge in [-0.15, -0.1) is 0 Å². The summed E-state index contributed by atoms with van der Waals surface area (Å²) in [6, 6.07) is 0. The molecule has 0 unspecified atom stereocenters. The van der Waals surface area contributed by atoms with Gasteiger partial charge in [0, 0.05) is 0 Å². The van der Waals surface area contributed by atoms with Gasteiger partial charge < -0.3 is 10.2 Å². The van der Waals surface area contributed by atoms with E-state index in [1.54, 1.807) is 0 Å². The summed E-state index contributed by atoms with van der Waals surface area (Å²) in [6.07, 6.45) is -0.593. The van der Waals surface area contributed by atoms with Crippen LogP contribution >= 0.6 is 0 Å². The van der Waals surface area contributed by atoms with Crippen molar-refractivity contribution in [2.45, 2.75) is 12.8 Å². The van der Waals surface area contributed by atoms with Crippen LogP contribution in [0.1, 0.15) is 12.8 Å². The van der Waals surface area contributed by atoms with Crippen molar-refractivity contribution in [2.24, 2.45) is 0 Å². The van der Waals surface area contributed by atoms with Crippen molar-refractivity contribution in [3.8, 4) is 0 Å². The minimum Gasteiger partial charge on any atom is -0.0149 e. The molecule has 0 atom stereocenters. The van der Waals surface area contributed by atoms with E-state index in [2.05, 4.69) is 0 Å². The molecule has 0 aliphatic rings. The standard InChI is InChI=1S/C4H6O4.Na.H4Si.H/c5-3(6)1-2-4(7)8;;;/h1-2H2,(H,5,6)(H,7,8);;1H4;. The van der Waals surface area contributed by atoms with Crippen molar-refractivity contribution >= 4 is 52.5 Å². The van der Waals surface area contributed by atoms with Crippen LogP contribution in [-0.4, -0.2) is 62.7 Å². The van der Waals surface area contributed by atoms with Gasteiger partial charge in [-0.05, 0) is 11.0 Å². The molecule has 0 aromatic heterocycles. The molecule has 0 saturated heterocycles. The molecule has 0 radical (unpaired) electrons. The molecule has 0 fully saturated rings. The molecule has 10 heavy (non-hydrogen) atoms. The Balaban J connectivity index is -0.000000245. The predicted octanol–water partition coefficient (Wildman–Crippen LogP) is -2.16. The average molecular weight is 174 g/mol. The molecule has 0 amide bonds. The Morgan fingerprint density at radius 2 is 1.20 bits per heavy atom. The zero-order valence-electron chi connectivity index (χ0n) is 4.13. The van der Waals surface area contributed by atoms with Crippen LogP contribution in [0.4, 0.5) is 0 Å². The minimum atomic E-state index is -1.08. The molecule has 0 bridgehead atoms. The first-order chi connectivity index (χ1) is 3.63. The van der Waals surface area contributed by atoms with E-state index in [9.17, 15) is 9.59 Å². The molecular formula is C4H11NaO4Si. The maximum Gasteiger partial charge on any atom is -0.0149 e. The summed E-state index contributed by atoms with van der Waals surface area (Å²) in [5, 5.41) is 15.8. The molecule has 0 aromatic carbocycles. The zero-order chi connectivity index (χ0) is 6.57. The first-order valence-electron chi connectivity index (χ1n) is 2.06. The summed E-state index contributed by atoms with van der Waals surface area (Å²) < 4.78 is 0. The number of hydrogen-bond acceptors (Lipinski definition) is 2. The number of hydrogen-bond donors (Lipinski definition) is 2. The molecule has 0 saturated carbocycles. The largest absolute Gasteiger partial charge is 0.0149 e. The molecule has 0 rings (SSSR count). The Labute approximate surface area is 84.9 Å². The second-order valence-electron chi connectivity index (χ2n) is 1.29. The second kappa shape index (κ2) is 9.16. The van der Waals surface area contributed by atoms with E-state index in [1.807, 2.05) is 0 Å². The van der Waals surface area contributed by atoms with Crippen molar-refractivity contribution in [3.63, 3.8) is 0 Å². The first kappa shape index (κ1) is 16.6. The van der Waals surface area contributed by atoms with Crippen molar-refractivity contribution in [1.82, 2.24) is 0 Å². The van der Waals surface area contributed by atoms with Crippen LogP contribution in [0.3, 0.4) is 0 Å². The van der Waals surface area contributed by atoms with E-state index in [1.165, 1.54) is 0 Å². The number of carboxylic acids is 2. The van der Waals surface area contributed by atoms with Crippen LogP contribution in [0.2, 0.25) is 0 Å². The van der Waals surface area contributed by atoms with Crippen LogP contribution in [0.15, 0.2) is 0 Å². The maximum absolute atomic E-state index is 9.64. The minimum absolute atomic E-state index is 0. The van der Waals surface area contributed by atoms with Crippen molar-refractivity contribution in [3.05, 3.63) is 0 Å². The summed E-state index contributed by atoms with van der Waals surface area (Å²) >= 11 is 0. The van der Waals surface area contributed by atoms with Gasteiger partial charge >= 0.3 is 41.5 Å². The molecule has 0 heterocycles. The summed E-state index contributed by atoms with van der Waals surface area (Å²) in [5.74, 6) is -2.15. The number of carboxylic acid groups (broad SMARTS) is 2. The van der Waals surface area contributed by atoms with Gasteiger partial charge in [-0.25, -0.2) is 0 Å². The van der Waals surface area contributed by atoms with Gasteiger partial charge in [0.1, 0.15) is 0 Å². The molecule has 0 aliphatic heterocycles. The Kier molecular flexibility index (Phi) is 15.2. The smallest absolute Gasteiger partial charge is 0.0149 e. The molecule has 56 valence electrons. The van der Waals surface area contributed by atoms with Crippen LogP contribution < -0.4 is 0 Å². The molecule has 0 aromatic rings. The number of carbonyl (C=O) groups is 2. The quantitative estimate of drug-likeness (QED) is 0.478. The fourth-order valence-electron chi connectivity index (χ4n) is 0.214. The summed E-state index contributed by atoms with van der Waals surface area (Å²) in [6.45, 7) is 0. The Hall–Kier alpha value is 0.157. The van der Waals surface area contributed by atoms with Gasteiger partial charge in [0.2, 0.25) is 0 Å². The average Bonchev–Trinajstić information content (AvgIpc) is 1.61. The van der Waals surface area contributed by atoms with Gasteiger partial charge in [0.25, 0.3) is 0 Å². The molecule has 0 aliphatic carbocycles. The third-order valence-corrected chi connectivity index (χ3v) is 0.553. The van der Waals surface area contributed by atoms with Crippen LogP contribution in [-0.2, 0) is 9.59 Å². The first-order valence-corrected chi connectivity index (χ1v) is 2.06. The third-order valence-electron chi connectivity index (χ3n) is 0.553. The van der Waals surface area contributed by atoms with Crippen molar-refractivity contribution in [2.75, 3.05) is 0 Å². The summed E-state index contributed by atoms with van der Waals surface area (Å²) in [7, 11) is 0. The Morgan fingerprint density at radius 3 is 1.30 bits per heavy atom. The summed E-state index contributed by atoms with van der Waals surface area (Å²) in [4.78, 5) is 19.3. The SMILES string of the molecule is O=C(O)CCC(=O)O.[NaH].[SiH4]. The normalized spacial score (nSPS) is 6.80. The van der Waals surface area contributed by atoms with Gasteiger partial charge in [-0.1, -0.05) is 0 Å². The molecule has 2 N–H and O–H groups in total. The summed E-state index contributed by atoms with van der Waals surface area (Å²) in [5.41, 5.74) is 0. The van der Waals surface area contributed by atoms with Crippen LogP contribution in [0, 0.1) is 0 Å². The van der Waals surface area contributed by atoms with E-state index in [-0.39, 0.29) is 53.4 Å².